The lowest BCUT2D eigenvalue weighted by molar-refractivity contribution is 0.0699. The molecule has 0 radical (unpaired) electrons. The number of halogens is 1. The lowest BCUT2D eigenvalue weighted by atomic mass is 10.0. The third kappa shape index (κ3) is 4.72. The summed E-state index contributed by atoms with van der Waals surface area (Å²) in [5.41, 5.74) is 1.76. The van der Waals surface area contributed by atoms with Gasteiger partial charge in [0.1, 0.15) is 29.1 Å². The van der Waals surface area contributed by atoms with E-state index in [1.807, 2.05) is 6.07 Å². The number of benzene rings is 2. The van der Waals surface area contributed by atoms with Crippen molar-refractivity contribution in [3.05, 3.63) is 79.8 Å². The molecule has 1 aliphatic rings. The number of ether oxygens (including phenoxy) is 1. The molecule has 5 aromatic rings. The van der Waals surface area contributed by atoms with Crippen molar-refractivity contribution in [2.75, 3.05) is 20.2 Å². The van der Waals surface area contributed by atoms with Crippen molar-refractivity contribution in [3.8, 4) is 22.9 Å². The minimum atomic E-state index is -3.94. The van der Waals surface area contributed by atoms with Gasteiger partial charge in [0, 0.05) is 41.3 Å². The second-order valence-corrected chi connectivity index (χ2v) is 13.2. The zero-order valence-electron chi connectivity index (χ0n) is 22.8. The molecule has 14 heteroatoms. The Bertz CT molecular complexity index is 2200. The van der Waals surface area contributed by atoms with Crippen LogP contribution in [0.3, 0.4) is 0 Å². The second-order valence-electron chi connectivity index (χ2n) is 9.92. The summed E-state index contributed by atoms with van der Waals surface area (Å²) in [5.74, 6) is -0.247. The average molecular weight is 636 g/mol. The monoisotopic (exact) mass is 635 g/mol. The Morgan fingerprint density at radius 3 is 2.79 bits per heavy atom. The van der Waals surface area contributed by atoms with E-state index in [9.17, 15) is 28.4 Å². The molecule has 1 aliphatic heterocycles. The van der Waals surface area contributed by atoms with Gasteiger partial charge >= 0.3 is 5.97 Å². The summed E-state index contributed by atoms with van der Waals surface area (Å²) in [5, 5.41) is 21.5. The maximum Gasteiger partial charge on any atom is 0.338 e. The van der Waals surface area contributed by atoms with Crippen LogP contribution in [0.5, 0.6) is 5.75 Å². The molecule has 0 fully saturated rings. The number of rotatable bonds is 6. The van der Waals surface area contributed by atoms with E-state index >= 15 is 0 Å². The van der Waals surface area contributed by atoms with Crippen LogP contribution in [0.15, 0.2) is 51.6 Å². The first kappa shape index (κ1) is 28.8. The van der Waals surface area contributed by atoms with E-state index in [1.165, 1.54) is 38.8 Å². The lowest BCUT2D eigenvalue weighted by Crippen LogP contribution is -2.35. The van der Waals surface area contributed by atoms with Gasteiger partial charge in [0.05, 0.1) is 38.8 Å². The fourth-order valence-corrected chi connectivity index (χ4v) is 8.05. The van der Waals surface area contributed by atoms with Gasteiger partial charge < -0.3 is 9.84 Å². The van der Waals surface area contributed by atoms with Gasteiger partial charge in [-0.3, -0.25) is 14.3 Å². The molecule has 0 unspecified atom stereocenters. The number of aromatic nitrogens is 3. The third-order valence-electron chi connectivity index (χ3n) is 7.43. The molecule has 4 heterocycles. The zero-order chi connectivity index (χ0) is 30.6. The van der Waals surface area contributed by atoms with Crippen LogP contribution in [0.1, 0.15) is 27.3 Å². The topological polar surface area (TPSA) is 155 Å². The molecule has 6 rings (SSSR count). The van der Waals surface area contributed by atoms with Crippen LogP contribution < -0.4 is 10.3 Å². The average Bonchev–Trinajstić information content (AvgIpc) is 3.41. The number of thiophene rings is 1. The number of carboxylic acids is 1. The Hall–Kier alpha value is -4.35. The summed E-state index contributed by atoms with van der Waals surface area (Å²) in [6.45, 7) is 2.01. The van der Waals surface area contributed by atoms with Crippen LogP contribution in [-0.2, 0) is 23.0 Å². The Balaban J connectivity index is 1.37. The molecule has 0 spiro atoms. The molecular weight excluding hydrogens is 614 g/mol. The van der Waals surface area contributed by atoms with Crippen LogP contribution >= 0.6 is 22.9 Å². The number of nitrogens with zero attached hydrogens (tertiary/aromatic N) is 5. The van der Waals surface area contributed by atoms with Crippen molar-refractivity contribution in [3.63, 3.8) is 0 Å². The minimum Gasteiger partial charge on any atom is -0.491 e. The van der Waals surface area contributed by atoms with Crippen molar-refractivity contribution in [2.24, 2.45) is 0 Å². The molecule has 43 heavy (non-hydrogen) atoms. The fraction of sp³-hybridized carbons (Fsp3) is 0.207. The summed E-state index contributed by atoms with van der Waals surface area (Å²) in [4.78, 5) is 34.0. The van der Waals surface area contributed by atoms with E-state index in [1.54, 1.807) is 37.3 Å². The number of sulfonamides is 1. The van der Waals surface area contributed by atoms with E-state index in [0.717, 1.165) is 0 Å². The lowest BCUT2D eigenvalue weighted by Gasteiger charge is -2.26. The van der Waals surface area contributed by atoms with E-state index < -0.39 is 21.6 Å². The molecule has 0 saturated heterocycles. The first-order chi connectivity index (χ1) is 20.5. The Morgan fingerprint density at radius 1 is 1.26 bits per heavy atom. The highest BCUT2D eigenvalue weighted by atomic mass is 35.5. The zero-order valence-corrected chi connectivity index (χ0v) is 25.2. The van der Waals surface area contributed by atoms with E-state index in [2.05, 4.69) is 9.97 Å². The predicted molar refractivity (Wildman–Crippen MR) is 161 cm³/mol. The van der Waals surface area contributed by atoms with Crippen molar-refractivity contribution in [1.29, 1.82) is 5.26 Å². The number of aryl methyl sites for hydroxylation is 1. The summed E-state index contributed by atoms with van der Waals surface area (Å²) in [6, 6.07) is 10.3. The highest BCUT2D eigenvalue weighted by molar-refractivity contribution is 7.89. The van der Waals surface area contributed by atoms with E-state index in [0.29, 0.717) is 49.9 Å². The molecule has 2 aromatic carbocycles. The molecule has 218 valence electrons. The molecule has 0 atom stereocenters. The van der Waals surface area contributed by atoms with Crippen LogP contribution in [-0.4, -0.2) is 58.5 Å². The predicted octanol–water partition coefficient (Wildman–Crippen LogP) is 4.46. The molecular formula is C29H22ClN5O6S2. The van der Waals surface area contributed by atoms with Gasteiger partial charge in [-0.2, -0.15) is 5.26 Å². The third-order valence-corrected chi connectivity index (χ3v) is 10.7. The van der Waals surface area contributed by atoms with Gasteiger partial charge in [0.2, 0.25) is 10.0 Å². The van der Waals surface area contributed by atoms with E-state index in [4.69, 9.17) is 16.3 Å². The molecule has 0 amide bonds. The number of nitriles is 1. The number of carbonyl (C=O) groups is 1. The van der Waals surface area contributed by atoms with Gasteiger partial charge in [-0.05, 0) is 49.2 Å². The number of aromatic carboxylic acids is 1. The maximum atomic E-state index is 13.7. The standard InChI is InChI=1S/C29H22ClN5O6S2/c1-15-33-22-11-16-6-8-34(2)43(39,40)27(16)20(13-31)24(22)28(36)35(15)9-10-41-23-4-3-17(30)12-19(23)18-5-7-32-25-21(29(37)38)14-42-26(18)25/h3-5,7,11-12,14H,6,8-10H2,1-2H3,(H,37,38). The summed E-state index contributed by atoms with van der Waals surface area (Å²) < 4.78 is 35.5. The van der Waals surface area contributed by atoms with Gasteiger partial charge in [-0.25, -0.2) is 22.5 Å². The highest BCUT2D eigenvalue weighted by Crippen LogP contribution is 2.39. The summed E-state index contributed by atoms with van der Waals surface area (Å²) in [7, 11) is -2.50. The highest BCUT2D eigenvalue weighted by Gasteiger charge is 2.34. The molecule has 0 aliphatic carbocycles. The summed E-state index contributed by atoms with van der Waals surface area (Å²) in [6.07, 6.45) is 1.93. The van der Waals surface area contributed by atoms with Crippen molar-refractivity contribution < 1.29 is 23.1 Å². The van der Waals surface area contributed by atoms with Crippen molar-refractivity contribution >= 4 is 60.0 Å². The number of hydrogen-bond donors (Lipinski definition) is 1. The quantitative estimate of drug-likeness (QED) is 0.285. The molecule has 3 aromatic heterocycles. The first-order valence-corrected chi connectivity index (χ1v) is 15.7. The second kappa shape index (κ2) is 10.7. The molecule has 1 N–H and O–H groups in total. The number of pyridine rings is 1. The molecule has 0 bridgehead atoms. The van der Waals surface area contributed by atoms with Crippen LogP contribution in [0.2, 0.25) is 5.02 Å². The minimum absolute atomic E-state index is 0.0233. The Kier molecular flexibility index (Phi) is 7.18. The number of fused-ring (bicyclic) bond motifs is 3. The molecule has 0 saturated carbocycles. The van der Waals surface area contributed by atoms with E-state index in [-0.39, 0.29) is 46.6 Å². The number of likely N-dealkylation sites (N-methyl/N-ethyl adjacent to an activating group) is 1. The van der Waals surface area contributed by atoms with Gasteiger partial charge in [0.15, 0.2) is 0 Å². The SMILES string of the molecule is Cc1nc2cc3c(c(C#N)c2c(=O)n1CCOc1ccc(Cl)cc1-c1ccnc2c(C(=O)O)csc12)S(=O)(=O)N(C)CC3. The normalized spacial score (nSPS) is 14.5. The Morgan fingerprint density at radius 2 is 2.05 bits per heavy atom. The van der Waals surface area contributed by atoms with Crippen molar-refractivity contribution in [2.45, 2.75) is 24.8 Å². The largest absolute Gasteiger partial charge is 0.491 e. The Labute approximate surface area is 254 Å². The first-order valence-electron chi connectivity index (χ1n) is 13.0. The van der Waals surface area contributed by atoms with Crippen LogP contribution in [0, 0.1) is 18.3 Å². The number of hydrogen-bond acceptors (Lipinski definition) is 9. The molecule has 11 nitrogen and oxygen atoms in total. The van der Waals surface area contributed by atoms with Gasteiger partial charge in [-0.1, -0.05) is 11.6 Å². The number of carboxylic acid groups (broad SMARTS) is 1. The smallest absolute Gasteiger partial charge is 0.338 e. The van der Waals surface area contributed by atoms with Gasteiger partial charge in [-0.15, -0.1) is 11.3 Å². The summed E-state index contributed by atoms with van der Waals surface area (Å²) >= 11 is 7.57. The van der Waals surface area contributed by atoms with Crippen LogP contribution in [0.4, 0.5) is 0 Å². The van der Waals surface area contributed by atoms with Crippen LogP contribution in [0.25, 0.3) is 32.2 Å². The van der Waals surface area contributed by atoms with Gasteiger partial charge in [0.25, 0.3) is 5.56 Å². The van der Waals surface area contributed by atoms with Crippen molar-refractivity contribution in [1.82, 2.24) is 18.8 Å². The maximum absolute atomic E-state index is 13.7. The fourth-order valence-electron chi connectivity index (χ4n) is 5.31.